The Morgan fingerprint density at radius 1 is 1.23 bits per heavy atom. The summed E-state index contributed by atoms with van der Waals surface area (Å²) in [5.74, 6) is 0.178. The second kappa shape index (κ2) is 8.49. The summed E-state index contributed by atoms with van der Waals surface area (Å²) in [6.45, 7) is 3.77. The third-order valence-corrected chi connectivity index (χ3v) is 4.84. The van der Waals surface area contributed by atoms with E-state index >= 15 is 0 Å². The van der Waals surface area contributed by atoms with E-state index in [1.807, 2.05) is 36.4 Å². The first-order valence-corrected chi connectivity index (χ1v) is 9.73. The lowest BCUT2D eigenvalue weighted by Crippen LogP contribution is -2.20. The van der Waals surface area contributed by atoms with E-state index in [0.717, 1.165) is 45.7 Å². The third-order valence-electron chi connectivity index (χ3n) is 4.35. The molecule has 1 aromatic heterocycles. The number of fused-ring (bicyclic) bond motifs is 1. The van der Waals surface area contributed by atoms with Crippen molar-refractivity contribution < 1.29 is 4.79 Å². The highest BCUT2D eigenvalue weighted by atomic mass is 79.9. The van der Waals surface area contributed by atoms with Crippen LogP contribution in [0.3, 0.4) is 0 Å². The van der Waals surface area contributed by atoms with E-state index in [-0.39, 0.29) is 11.8 Å². The van der Waals surface area contributed by atoms with Gasteiger partial charge in [-0.15, -0.1) is 0 Å². The molecule has 0 amide bonds. The van der Waals surface area contributed by atoms with Gasteiger partial charge in [-0.25, -0.2) is 0 Å². The number of benzene rings is 1. The van der Waals surface area contributed by atoms with Crippen LogP contribution in [0, 0.1) is 0 Å². The molecule has 0 N–H and O–H groups in total. The SMILES string of the molecule is CCC[C@@H]1N=C(c2ccccn2)c2cc(Br)ccc2N=C1CCC(C)=O. The Hall–Kier alpha value is -2.14. The molecule has 134 valence electrons. The fraction of sp³-hybridized carbons (Fsp3) is 0.333. The largest absolute Gasteiger partial charge is 0.300 e. The number of nitrogens with zero attached hydrogens (tertiary/aromatic N) is 3. The van der Waals surface area contributed by atoms with Gasteiger partial charge in [-0.3, -0.25) is 15.0 Å². The molecule has 1 atom stereocenters. The molecule has 0 spiro atoms. The highest BCUT2D eigenvalue weighted by Gasteiger charge is 2.23. The van der Waals surface area contributed by atoms with Crippen LogP contribution in [0.2, 0.25) is 0 Å². The van der Waals surface area contributed by atoms with Gasteiger partial charge in [-0.2, -0.15) is 0 Å². The number of hydrogen-bond donors (Lipinski definition) is 0. The number of carbonyl (C=O) groups excluding carboxylic acids is 1. The van der Waals surface area contributed by atoms with Gasteiger partial charge in [0.25, 0.3) is 0 Å². The highest BCUT2D eigenvalue weighted by Crippen LogP contribution is 2.31. The summed E-state index contributed by atoms with van der Waals surface area (Å²) in [7, 11) is 0. The van der Waals surface area contributed by atoms with E-state index < -0.39 is 0 Å². The highest BCUT2D eigenvalue weighted by molar-refractivity contribution is 9.10. The average molecular weight is 412 g/mol. The van der Waals surface area contributed by atoms with Crippen molar-refractivity contribution in [2.45, 2.75) is 45.6 Å². The molecule has 0 unspecified atom stereocenters. The van der Waals surface area contributed by atoms with Crippen molar-refractivity contribution in [1.29, 1.82) is 0 Å². The Kier molecular flexibility index (Phi) is 6.09. The molecule has 2 heterocycles. The minimum absolute atomic E-state index is 0.0254. The lowest BCUT2D eigenvalue weighted by atomic mass is 10.0. The monoisotopic (exact) mass is 411 g/mol. The van der Waals surface area contributed by atoms with Gasteiger partial charge in [0, 0.05) is 28.4 Å². The molecule has 0 bridgehead atoms. The zero-order chi connectivity index (χ0) is 18.5. The summed E-state index contributed by atoms with van der Waals surface area (Å²) in [4.78, 5) is 26.0. The predicted molar refractivity (Wildman–Crippen MR) is 110 cm³/mol. The lowest BCUT2D eigenvalue weighted by molar-refractivity contribution is -0.116. The average Bonchev–Trinajstić information content (AvgIpc) is 2.78. The van der Waals surface area contributed by atoms with Crippen LogP contribution in [0.5, 0.6) is 0 Å². The van der Waals surface area contributed by atoms with Gasteiger partial charge < -0.3 is 4.79 Å². The summed E-state index contributed by atoms with van der Waals surface area (Å²) >= 11 is 3.56. The molecule has 0 saturated carbocycles. The molecule has 0 radical (unpaired) electrons. The minimum Gasteiger partial charge on any atom is -0.300 e. The molecule has 3 rings (SSSR count). The van der Waals surface area contributed by atoms with E-state index in [4.69, 9.17) is 9.98 Å². The fourth-order valence-corrected chi connectivity index (χ4v) is 3.42. The first-order chi connectivity index (χ1) is 12.6. The maximum atomic E-state index is 11.5. The summed E-state index contributed by atoms with van der Waals surface area (Å²) in [6.07, 6.45) is 4.84. The molecule has 0 saturated heterocycles. The van der Waals surface area contributed by atoms with Crippen molar-refractivity contribution in [3.63, 3.8) is 0 Å². The standard InChI is InChI=1S/C21H22BrN3O/c1-3-6-18-19(10-8-14(2)26)24-17-11-9-15(22)13-16(17)21(25-18)20-7-4-5-12-23-20/h4-5,7,9,11-13,18H,3,6,8,10H2,1-2H3/t18-/m0/s1. The van der Waals surface area contributed by atoms with Crippen LogP contribution in [-0.4, -0.2) is 28.2 Å². The molecular weight excluding hydrogens is 390 g/mol. The van der Waals surface area contributed by atoms with Crippen molar-refractivity contribution >= 4 is 38.8 Å². The number of aliphatic imine (C=N–C) groups is 2. The number of hydrogen-bond acceptors (Lipinski definition) is 4. The number of Topliss-reactive ketones (excluding diaryl/α,β-unsaturated/α-hetero) is 1. The van der Waals surface area contributed by atoms with Crippen molar-refractivity contribution in [3.05, 3.63) is 58.3 Å². The predicted octanol–water partition coefficient (Wildman–Crippen LogP) is 5.31. The van der Waals surface area contributed by atoms with Gasteiger partial charge in [0.15, 0.2) is 0 Å². The van der Waals surface area contributed by atoms with E-state index in [0.29, 0.717) is 12.8 Å². The van der Waals surface area contributed by atoms with Gasteiger partial charge in [-0.1, -0.05) is 35.3 Å². The normalized spacial score (nSPS) is 16.3. The fourth-order valence-electron chi connectivity index (χ4n) is 3.06. The summed E-state index contributed by atoms with van der Waals surface area (Å²) in [6, 6.07) is 11.9. The summed E-state index contributed by atoms with van der Waals surface area (Å²) in [5.41, 5.74) is 4.54. The van der Waals surface area contributed by atoms with Crippen LogP contribution in [-0.2, 0) is 4.79 Å². The number of ketones is 1. The van der Waals surface area contributed by atoms with Crippen LogP contribution >= 0.6 is 15.9 Å². The molecule has 1 aromatic carbocycles. The first kappa shape index (κ1) is 18.6. The Labute approximate surface area is 162 Å². The lowest BCUT2D eigenvalue weighted by Gasteiger charge is -2.14. The van der Waals surface area contributed by atoms with Crippen LogP contribution in [0.1, 0.15) is 50.8 Å². The molecule has 2 aromatic rings. The topological polar surface area (TPSA) is 54.7 Å². The number of pyridine rings is 1. The van der Waals surface area contributed by atoms with E-state index in [2.05, 4.69) is 27.8 Å². The van der Waals surface area contributed by atoms with Crippen LogP contribution in [0.4, 0.5) is 5.69 Å². The van der Waals surface area contributed by atoms with Crippen LogP contribution in [0.25, 0.3) is 0 Å². The van der Waals surface area contributed by atoms with Crippen molar-refractivity contribution in [2.75, 3.05) is 0 Å². The van der Waals surface area contributed by atoms with Crippen molar-refractivity contribution in [2.24, 2.45) is 9.98 Å². The van der Waals surface area contributed by atoms with E-state index in [1.54, 1.807) is 13.1 Å². The second-order valence-electron chi connectivity index (χ2n) is 6.46. The molecule has 1 aliphatic rings. The maximum Gasteiger partial charge on any atom is 0.130 e. The number of aromatic nitrogens is 1. The minimum atomic E-state index is -0.0254. The van der Waals surface area contributed by atoms with Crippen LogP contribution in [0.15, 0.2) is 57.1 Å². The molecule has 1 aliphatic heterocycles. The van der Waals surface area contributed by atoms with E-state index in [9.17, 15) is 4.79 Å². The van der Waals surface area contributed by atoms with Gasteiger partial charge >= 0.3 is 0 Å². The second-order valence-corrected chi connectivity index (χ2v) is 7.38. The van der Waals surface area contributed by atoms with Gasteiger partial charge in [0.1, 0.15) is 5.78 Å². The van der Waals surface area contributed by atoms with Crippen molar-refractivity contribution in [1.82, 2.24) is 4.98 Å². The van der Waals surface area contributed by atoms with Gasteiger partial charge in [0.2, 0.25) is 0 Å². The third kappa shape index (κ3) is 4.33. The van der Waals surface area contributed by atoms with Gasteiger partial charge in [-0.05, 0) is 50.1 Å². The smallest absolute Gasteiger partial charge is 0.130 e. The zero-order valence-corrected chi connectivity index (χ0v) is 16.7. The Morgan fingerprint density at radius 3 is 2.77 bits per heavy atom. The van der Waals surface area contributed by atoms with Gasteiger partial charge in [0.05, 0.1) is 23.1 Å². The number of carbonyl (C=O) groups is 1. The quantitative estimate of drug-likeness (QED) is 0.646. The molecule has 5 heteroatoms. The molecule has 26 heavy (non-hydrogen) atoms. The van der Waals surface area contributed by atoms with Crippen LogP contribution < -0.4 is 0 Å². The first-order valence-electron chi connectivity index (χ1n) is 8.94. The zero-order valence-electron chi connectivity index (χ0n) is 15.1. The molecule has 0 aliphatic carbocycles. The number of halogens is 1. The Morgan fingerprint density at radius 2 is 2.08 bits per heavy atom. The molecule has 4 nitrogen and oxygen atoms in total. The Balaban J connectivity index is 2.14. The van der Waals surface area contributed by atoms with Crippen molar-refractivity contribution in [3.8, 4) is 0 Å². The Bertz CT molecular complexity index is 859. The maximum absolute atomic E-state index is 11.5. The molecule has 0 fully saturated rings. The number of rotatable bonds is 6. The van der Waals surface area contributed by atoms with E-state index in [1.165, 1.54) is 0 Å². The summed E-state index contributed by atoms with van der Waals surface area (Å²) in [5, 5.41) is 0. The molecular formula is C21H22BrN3O. The summed E-state index contributed by atoms with van der Waals surface area (Å²) < 4.78 is 0.981.